The first kappa shape index (κ1) is 13.4. The van der Waals surface area contributed by atoms with Crippen LogP contribution in [0.5, 0.6) is 0 Å². The third-order valence-corrected chi connectivity index (χ3v) is 3.51. The second-order valence-electron chi connectivity index (χ2n) is 4.81. The molecule has 0 spiro atoms. The van der Waals surface area contributed by atoms with E-state index >= 15 is 0 Å². The van der Waals surface area contributed by atoms with Crippen LogP contribution >= 0.6 is 0 Å². The molecule has 0 bridgehead atoms. The topological polar surface area (TPSA) is 60.7 Å². The van der Waals surface area contributed by atoms with Crippen LogP contribution in [0.3, 0.4) is 0 Å². The Morgan fingerprint density at radius 3 is 2.86 bits per heavy atom. The van der Waals surface area contributed by atoms with Gasteiger partial charge < -0.3 is 0 Å². The molecule has 1 aromatic carbocycles. The number of Topliss-reactive ketones (excluding diaryl/α,β-unsaturated/α-hetero) is 1. The molecule has 0 aliphatic carbocycles. The van der Waals surface area contributed by atoms with Crippen LogP contribution in [-0.2, 0) is 6.42 Å². The second kappa shape index (κ2) is 5.44. The van der Waals surface area contributed by atoms with Gasteiger partial charge in [0.1, 0.15) is 0 Å². The molecule has 0 unspecified atom stereocenters. The van der Waals surface area contributed by atoms with Crippen molar-refractivity contribution in [1.29, 1.82) is 0 Å². The van der Waals surface area contributed by atoms with E-state index < -0.39 is 0 Å². The Kier molecular flexibility index (Phi) is 3.48. The van der Waals surface area contributed by atoms with Crippen LogP contribution < -0.4 is 0 Å². The third kappa shape index (κ3) is 2.31. The van der Waals surface area contributed by atoms with Gasteiger partial charge in [0.2, 0.25) is 0 Å². The lowest BCUT2D eigenvalue weighted by Gasteiger charge is -2.06. The molecule has 3 aromatic rings. The van der Waals surface area contributed by atoms with Gasteiger partial charge in [0.25, 0.3) is 0 Å². The first-order valence-electron chi connectivity index (χ1n) is 7.07. The van der Waals surface area contributed by atoms with Gasteiger partial charge in [0.05, 0.1) is 16.9 Å². The Hall–Kier alpha value is -2.56. The fourth-order valence-corrected chi connectivity index (χ4v) is 2.41. The molecule has 5 heteroatoms. The van der Waals surface area contributed by atoms with Crippen molar-refractivity contribution in [2.24, 2.45) is 0 Å². The zero-order chi connectivity index (χ0) is 14.8. The van der Waals surface area contributed by atoms with E-state index in [-0.39, 0.29) is 5.78 Å². The highest BCUT2D eigenvalue weighted by Crippen LogP contribution is 2.19. The zero-order valence-corrected chi connectivity index (χ0v) is 12.1. The highest BCUT2D eigenvalue weighted by molar-refractivity contribution is 5.95. The summed E-state index contributed by atoms with van der Waals surface area (Å²) in [6.07, 6.45) is 2.92. The summed E-state index contributed by atoms with van der Waals surface area (Å²) >= 11 is 0. The van der Waals surface area contributed by atoms with E-state index in [1.54, 1.807) is 10.9 Å². The molecular weight excluding hydrogens is 264 g/mol. The summed E-state index contributed by atoms with van der Waals surface area (Å²) in [5.41, 5.74) is 3.16. The van der Waals surface area contributed by atoms with Crippen molar-refractivity contribution in [2.45, 2.75) is 26.7 Å². The van der Waals surface area contributed by atoms with E-state index in [0.717, 1.165) is 22.3 Å². The lowest BCUT2D eigenvalue weighted by molar-refractivity contribution is 0.0982. The van der Waals surface area contributed by atoms with Gasteiger partial charge >= 0.3 is 0 Å². The van der Waals surface area contributed by atoms with Crippen molar-refractivity contribution >= 4 is 16.7 Å². The number of benzene rings is 1. The Morgan fingerprint density at radius 1 is 1.24 bits per heavy atom. The van der Waals surface area contributed by atoms with Gasteiger partial charge in [-0.2, -0.15) is 0 Å². The maximum atomic E-state index is 11.9. The minimum Gasteiger partial charge on any atom is -0.292 e. The minimum absolute atomic E-state index is 0.0283. The van der Waals surface area contributed by atoms with E-state index in [0.29, 0.717) is 18.5 Å². The molecule has 0 aliphatic rings. The van der Waals surface area contributed by atoms with Gasteiger partial charge in [0.15, 0.2) is 11.5 Å². The average molecular weight is 280 g/mol. The molecule has 0 aliphatic heterocycles. The van der Waals surface area contributed by atoms with Gasteiger partial charge in [-0.05, 0) is 30.7 Å². The van der Waals surface area contributed by atoms with Crippen LogP contribution in [0.2, 0.25) is 0 Å². The molecule has 0 fully saturated rings. The number of fused-ring (bicyclic) bond motifs is 1. The number of hydrogen-bond acceptors (Lipinski definition) is 4. The normalized spacial score (nSPS) is 11.0. The standard InChI is InChI=1S/C16H16N4O/c1-3-14-16(15(21)4-2)18-19-20(14)12-7-8-13-11(10-12)6-5-9-17-13/h5-10H,3-4H2,1-2H3. The fourth-order valence-electron chi connectivity index (χ4n) is 2.41. The maximum absolute atomic E-state index is 11.9. The summed E-state index contributed by atoms with van der Waals surface area (Å²) < 4.78 is 1.75. The Balaban J connectivity index is 2.14. The average Bonchev–Trinajstić information content (AvgIpc) is 2.97. The number of ketones is 1. The quantitative estimate of drug-likeness (QED) is 0.689. The monoisotopic (exact) mass is 280 g/mol. The van der Waals surface area contributed by atoms with E-state index in [9.17, 15) is 4.79 Å². The molecule has 0 saturated carbocycles. The summed E-state index contributed by atoms with van der Waals surface area (Å²) in [7, 11) is 0. The predicted octanol–water partition coefficient (Wildman–Crippen LogP) is 2.97. The molecule has 3 rings (SSSR count). The summed E-state index contributed by atoms with van der Waals surface area (Å²) in [5.74, 6) is 0.0283. The van der Waals surface area contributed by atoms with Gasteiger partial charge in [0, 0.05) is 18.0 Å². The lowest BCUT2D eigenvalue weighted by Crippen LogP contribution is -2.05. The zero-order valence-electron chi connectivity index (χ0n) is 12.1. The van der Waals surface area contributed by atoms with Crippen molar-refractivity contribution in [3.8, 4) is 5.69 Å². The van der Waals surface area contributed by atoms with E-state index in [4.69, 9.17) is 0 Å². The van der Waals surface area contributed by atoms with E-state index in [1.165, 1.54) is 0 Å². The molecule has 5 nitrogen and oxygen atoms in total. The van der Waals surface area contributed by atoms with Crippen LogP contribution in [0, 0.1) is 0 Å². The molecule has 2 aromatic heterocycles. The number of nitrogens with zero attached hydrogens (tertiary/aromatic N) is 4. The SMILES string of the molecule is CCC(=O)c1nnn(-c2ccc3ncccc3c2)c1CC. The van der Waals surface area contributed by atoms with E-state index in [1.807, 2.05) is 44.2 Å². The van der Waals surface area contributed by atoms with Crippen LogP contribution in [0.4, 0.5) is 0 Å². The molecule has 106 valence electrons. The number of aromatic nitrogens is 4. The van der Waals surface area contributed by atoms with Crippen LogP contribution in [0.15, 0.2) is 36.5 Å². The van der Waals surface area contributed by atoms with E-state index in [2.05, 4.69) is 15.3 Å². The molecule has 21 heavy (non-hydrogen) atoms. The van der Waals surface area contributed by atoms with Crippen molar-refractivity contribution in [2.75, 3.05) is 0 Å². The molecule has 0 saturated heterocycles. The van der Waals surface area contributed by atoms with Gasteiger partial charge in [-0.15, -0.1) is 5.10 Å². The highest BCUT2D eigenvalue weighted by Gasteiger charge is 2.17. The summed E-state index contributed by atoms with van der Waals surface area (Å²) in [4.78, 5) is 16.2. The number of carbonyl (C=O) groups excluding carboxylic acids is 1. The summed E-state index contributed by atoms with van der Waals surface area (Å²) in [6, 6.07) is 9.82. The minimum atomic E-state index is 0.0283. The van der Waals surface area contributed by atoms with Crippen molar-refractivity contribution in [3.05, 3.63) is 47.9 Å². The third-order valence-electron chi connectivity index (χ3n) is 3.51. The molecule has 0 radical (unpaired) electrons. The van der Waals surface area contributed by atoms with Gasteiger partial charge in [-0.25, -0.2) is 4.68 Å². The Labute approximate surface area is 122 Å². The molecule has 0 atom stereocenters. The largest absolute Gasteiger partial charge is 0.292 e. The Bertz CT molecular complexity index is 807. The maximum Gasteiger partial charge on any atom is 0.184 e. The number of hydrogen-bond donors (Lipinski definition) is 0. The molecule has 2 heterocycles. The smallest absolute Gasteiger partial charge is 0.184 e. The van der Waals surface area contributed by atoms with Crippen LogP contribution in [-0.4, -0.2) is 25.8 Å². The van der Waals surface area contributed by atoms with Crippen LogP contribution in [0.25, 0.3) is 16.6 Å². The predicted molar refractivity (Wildman–Crippen MR) is 80.7 cm³/mol. The summed E-state index contributed by atoms with van der Waals surface area (Å²) in [6.45, 7) is 3.84. The van der Waals surface area contributed by atoms with Crippen molar-refractivity contribution in [1.82, 2.24) is 20.0 Å². The lowest BCUT2D eigenvalue weighted by atomic mass is 10.1. The fraction of sp³-hybridized carbons (Fsp3) is 0.250. The summed E-state index contributed by atoms with van der Waals surface area (Å²) in [5, 5.41) is 9.26. The number of rotatable bonds is 4. The Morgan fingerprint density at radius 2 is 2.10 bits per heavy atom. The first-order chi connectivity index (χ1) is 10.2. The van der Waals surface area contributed by atoms with Gasteiger partial charge in [-0.1, -0.05) is 25.1 Å². The number of pyridine rings is 1. The molecule has 0 N–H and O–H groups in total. The van der Waals surface area contributed by atoms with Crippen molar-refractivity contribution < 1.29 is 4.79 Å². The second-order valence-corrected chi connectivity index (χ2v) is 4.81. The highest BCUT2D eigenvalue weighted by atomic mass is 16.1. The van der Waals surface area contributed by atoms with Crippen LogP contribution in [0.1, 0.15) is 36.5 Å². The number of carbonyl (C=O) groups is 1. The van der Waals surface area contributed by atoms with Gasteiger partial charge in [-0.3, -0.25) is 9.78 Å². The first-order valence-corrected chi connectivity index (χ1v) is 7.07. The molecule has 0 amide bonds. The van der Waals surface area contributed by atoms with Crippen molar-refractivity contribution in [3.63, 3.8) is 0 Å². The molecular formula is C16H16N4O.